The number of fused-ring (bicyclic) bond motifs is 5. The number of halogens is 1. The van der Waals surface area contributed by atoms with E-state index >= 15 is 0 Å². The van der Waals surface area contributed by atoms with E-state index in [2.05, 4.69) is 19.9 Å². The van der Waals surface area contributed by atoms with Gasteiger partial charge in [0.25, 0.3) is 0 Å². The summed E-state index contributed by atoms with van der Waals surface area (Å²) in [6.45, 7) is 4.65. The number of hydrogen-bond acceptors (Lipinski definition) is 3. The second-order valence-electron chi connectivity index (χ2n) is 10.9. The van der Waals surface area contributed by atoms with Crippen molar-refractivity contribution >= 4 is 29.2 Å². The van der Waals surface area contributed by atoms with E-state index in [-0.39, 0.29) is 28.3 Å². The SMILES string of the molecule is COc1ccc(/C=C/C(=O)[C@H]2CC[C@H]3[C@@H]4CCC5=C(Cl)C(=O)C=C[C@]5(C)[C@H]4CC[C@]23C)cc1. The minimum atomic E-state index is -0.119. The number of allylic oxidation sites excluding steroid dienone is 5. The first-order valence-electron chi connectivity index (χ1n) is 12.3. The molecule has 3 nitrogen and oxygen atoms in total. The van der Waals surface area contributed by atoms with Crippen molar-refractivity contribution < 1.29 is 14.3 Å². The summed E-state index contributed by atoms with van der Waals surface area (Å²) in [4.78, 5) is 25.5. The van der Waals surface area contributed by atoms with Crippen LogP contribution in [0, 0.1) is 34.5 Å². The molecule has 4 heteroatoms. The lowest BCUT2D eigenvalue weighted by Crippen LogP contribution is -2.50. The normalized spacial score (nSPS) is 37.6. The molecule has 0 bridgehead atoms. The fraction of sp³-hybridized carbons (Fsp3) is 0.517. The monoisotopic (exact) mass is 464 g/mol. The van der Waals surface area contributed by atoms with Crippen LogP contribution in [0.15, 0.2) is 53.1 Å². The predicted octanol–water partition coefficient (Wildman–Crippen LogP) is 6.77. The van der Waals surface area contributed by atoms with Crippen molar-refractivity contribution in [3.63, 3.8) is 0 Å². The van der Waals surface area contributed by atoms with Crippen molar-refractivity contribution in [2.75, 3.05) is 7.11 Å². The van der Waals surface area contributed by atoms with Crippen LogP contribution in [0.1, 0.15) is 57.9 Å². The first-order valence-corrected chi connectivity index (χ1v) is 12.6. The lowest BCUT2D eigenvalue weighted by Gasteiger charge is -2.57. The van der Waals surface area contributed by atoms with Crippen LogP contribution >= 0.6 is 11.6 Å². The molecule has 3 fully saturated rings. The van der Waals surface area contributed by atoms with E-state index < -0.39 is 0 Å². The molecule has 0 heterocycles. The smallest absolute Gasteiger partial charge is 0.196 e. The van der Waals surface area contributed by atoms with Crippen molar-refractivity contribution in [3.8, 4) is 5.75 Å². The maximum Gasteiger partial charge on any atom is 0.196 e. The van der Waals surface area contributed by atoms with Crippen molar-refractivity contribution in [2.24, 2.45) is 34.5 Å². The van der Waals surface area contributed by atoms with Crippen LogP contribution in [-0.2, 0) is 9.59 Å². The first kappa shape index (κ1) is 22.7. The van der Waals surface area contributed by atoms with Gasteiger partial charge in [0.15, 0.2) is 11.6 Å². The molecule has 0 unspecified atom stereocenters. The third kappa shape index (κ3) is 3.55. The Kier molecular flexibility index (Phi) is 5.68. The molecule has 4 aliphatic carbocycles. The molecule has 1 aromatic rings. The number of carbonyl (C=O) groups is 2. The molecular formula is C29H33ClO3. The molecule has 0 aromatic heterocycles. The highest BCUT2D eigenvalue weighted by Crippen LogP contribution is 2.66. The molecule has 6 atom stereocenters. The minimum Gasteiger partial charge on any atom is -0.497 e. The lowest BCUT2D eigenvalue weighted by molar-refractivity contribution is -0.124. The fourth-order valence-corrected chi connectivity index (χ4v) is 8.12. The molecule has 0 saturated heterocycles. The number of carbonyl (C=O) groups excluding carboxylic acids is 2. The van der Waals surface area contributed by atoms with Gasteiger partial charge in [0.1, 0.15) is 5.75 Å². The Labute approximate surface area is 201 Å². The predicted molar refractivity (Wildman–Crippen MR) is 132 cm³/mol. The van der Waals surface area contributed by atoms with Crippen LogP contribution in [-0.4, -0.2) is 18.7 Å². The van der Waals surface area contributed by atoms with Crippen molar-refractivity contribution in [2.45, 2.75) is 52.4 Å². The topological polar surface area (TPSA) is 43.4 Å². The number of benzene rings is 1. The summed E-state index contributed by atoms with van der Waals surface area (Å²) in [7, 11) is 1.66. The van der Waals surface area contributed by atoms with Crippen LogP contribution < -0.4 is 4.74 Å². The third-order valence-corrected chi connectivity index (χ3v) is 9.96. The van der Waals surface area contributed by atoms with Gasteiger partial charge < -0.3 is 4.74 Å². The Morgan fingerprint density at radius 1 is 1.09 bits per heavy atom. The molecule has 174 valence electrons. The molecule has 0 N–H and O–H groups in total. The molecule has 3 saturated carbocycles. The quantitative estimate of drug-likeness (QED) is 0.462. The molecule has 1 aromatic carbocycles. The maximum absolute atomic E-state index is 13.3. The van der Waals surface area contributed by atoms with Gasteiger partial charge in [-0.2, -0.15) is 0 Å². The number of hydrogen-bond donors (Lipinski definition) is 0. The Bertz CT molecular complexity index is 1060. The van der Waals surface area contributed by atoms with Gasteiger partial charge in [-0.05, 0) is 97.1 Å². The zero-order valence-corrected chi connectivity index (χ0v) is 20.5. The van der Waals surface area contributed by atoms with Gasteiger partial charge in [-0.15, -0.1) is 0 Å². The van der Waals surface area contributed by atoms with E-state index in [0.717, 1.165) is 55.4 Å². The summed E-state index contributed by atoms with van der Waals surface area (Å²) in [5, 5.41) is 0.454. The molecule has 0 aliphatic heterocycles. The highest BCUT2D eigenvalue weighted by atomic mass is 35.5. The minimum absolute atomic E-state index is 0.0431. The first-order chi connectivity index (χ1) is 15.8. The summed E-state index contributed by atoms with van der Waals surface area (Å²) >= 11 is 6.49. The van der Waals surface area contributed by atoms with Gasteiger partial charge in [-0.1, -0.05) is 49.7 Å². The van der Waals surface area contributed by atoms with Crippen LogP contribution in [0.25, 0.3) is 6.08 Å². The Morgan fingerprint density at radius 3 is 2.58 bits per heavy atom. The summed E-state index contributed by atoms with van der Waals surface area (Å²) in [5.74, 6) is 2.78. The number of ether oxygens (including phenoxy) is 1. The van der Waals surface area contributed by atoms with Gasteiger partial charge in [-0.25, -0.2) is 0 Å². The molecular weight excluding hydrogens is 432 g/mol. The van der Waals surface area contributed by atoms with E-state index in [0.29, 0.717) is 22.8 Å². The summed E-state index contributed by atoms with van der Waals surface area (Å²) in [6, 6.07) is 7.80. The summed E-state index contributed by atoms with van der Waals surface area (Å²) < 4.78 is 5.22. The van der Waals surface area contributed by atoms with E-state index in [4.69, 9.17) is 16.3 Å². The molecule has 4 aliphatic rings. The Morgan fingerprint density at radius 2 is 1.85 bits per heavy atom. The van der Waals surface area contributed by atoms with Crippen LogP contribution in [0.3, 0.4) is 0 Å². The number of methoxy groups -OCH3 is 1. The highest BCUT2D eigenvalue weighted by molar-refractivity contribution is 6.45. The van der Waals surface area contributed by atoms with Gasteiger partial charge in [0.05, 0.1) is 12.1 Å². The van der Waals surface area contributed by atoms with Gasteiger partial charge >= 0.3 is 0 Å². The van der Waals surface area contributed by atoms with E-state index in [1.165, 1.54) is 0 Å². The zero-order chi connectivity index (χ0) is 23.4. The van der Waals surface area contributed by atoms with Crippen molar-refractivity contribution in [3.05, 3.63) is 58.7 Å². The van der Waals surface area contributed by atoms with Crippen molar-refractivity contribution in [1.29, 1.82) is 0 Å². The Hall–Kier alpha value is -2.13. The average Bonchev–Trinajstić information content (AvgIpc) is 3.18. The largest absolute Gasteiger partial charge is 0.497 e. The van der Waals surface area contributed by atoms with Crippen molar-refractivity contribution in [1.82, 2.24) is 0 Å². The average molecular weight is 465 g/mol. The second kappa shape index (κ2) is 8.27. The van der Waals surface area contributed by atoms with Gasteiger partial charge in [0.2, 0.25) is 0 Å². The van der Waals surface area contributed by atoms with Gasteiger partial charge in [-0.3, -0.25) is 9.59 Å². The molecule has 5 rings (SSSR count). The molecule has 33 heavy (non-hydrogen) atoms. The van der Waals surface area contributed by atoms with E-state index in [9.17, 15) is 9.59 Å². The third-order valence-electron chi connectivity index (χ3n) is 9.55. The maximum atomic E-state index is 13.3. The zero-order valence-electron chi connectivity index (χ0n) is 19.8. The Balaban J connectivity index is 1.35. The van der Waals surface area contributed by atoms with Crippen LogP contribution in [0.4, 0.5) is 0 Å². The van der Waals surface area contributed by atoms with E-state index in [1.54, 1.807) is 19.3 Å². The second-order valence-corrected chi connectivity index (χ2v) is 11.2. The summed E-state index contributed by atoms with van der Waals surface area (Å²) in [5.41, 5.74) is 2.10. The van der Waals surface area contributed by atoms with Gasteiger partial charge in [0, 0.05) is 11.3 Å². The standard InChI is InChI=1S/C29H33ClO3/c1-28-16-14-22-20(9-10-24-27(30)26(32)15-17-29(22,24)2)21(28)11-12-23(28)25(31)13-6-18-4-7-19(33-3)8-5-18/h4-8,13,15,17,20-23H,9-12,14,16H2,1-3H3/b13-6+/t20-,21-,22-,23+,28-,29+/m0/s1. The molecule has 0 amide bonds. The lowest BCUT2D eigenvalue weighted by atomic mass is 9.47. The molecule has 0 spiro atoms. The number of rotatable bonds is 4. The molecule has 0 radical (unpaired) electrons. The summed E-state index contributed by atoms with van der Waals surface area (Å²) in [6.07, 6.45) is 13.8. The number of ketones is 2. The van der Waals surface area contributed by atoms with E-state index in [1.807, 2.05) is 30.3 Å². The van der Waals surface area contributed by atoms with Crippen LogP contribution in [0.2, 0.25) is 0 Å². The highest BCUT2D eigenvalue weighted by Gasteiger charge is 2.59. The fourth-order valence-electron chi connectivity index (χ4n) is 7.76. The van der Waals surface area contributed by atoms with Crippen LogP contribution in [0.5, 0.6) is 5.75 Å².